The van der Waals surface area contributed by atoms with Gasteiger partial charge < -0.3 is 19.5 Å². The largest absolute Gasteiger partial charge is 0.493 e. The lowest BCUT2D eigenvalue weighted by Crippen LogP contribution is -2.48. The maximum Gasteiger partial charge on any atom is 0.414 e. The van der Waals surface area contributed by atoms with Gasteiger partial charge in [-0.25, -0.2) is 9.79 Å². The van der Waals surface area contributed by atoms with E-state index in [1.54, 1.807) is 46.1 Å². The van der Waals surface area contributed by atoms with Crippen molar-refractivity contribution < 1.29 is 28.6 Å². The molecule has 1 unspecified atom stereocenters. The molecule has 1 saturated carbocycles. The Balaban J connectivity index is 2.33. The summed E-state index contributed by atoms with van der Waals surface area (Å²) in [4.78, 5) is 43.8. The lowest BCUT2D eigenvalue weighted by Gasteiger charge is -2.26. The fourth-order valence-electron chi connectivity index (χ4n) is 4.75. The number of nitrogens with one attached hydrogen (secondary N) is 3. The Bertz CT molecular complexity index is 1010. The molecule has 1 aliphatic carbocycles. The molecule has 1 atom stereocenters. The predicted octanol–water partition coefficient (Wildman–Crippen LogP) is 4.89. The molecule has 0 radical (unpaired) electrons. The first-order chi connectivity index (χ1) is 19.0. The third-order valence-electron chi connectivity index (χ3n) is 6.89. The normalized spacial score (nSPS) is 15.2. The van der Waals surface area contributed by atoms with Crippen LogP contribution in [0.15, 0.2) is 23.2 Å². The summed E-state index contributed by atoms with van der Waals surface area (Å²) < 4.78 is 16.0. The number of guanidine groups is 1. The van der Waals surface area contributed by atoms with Crippen LogP contribution in [0, 0.1) is 5.92 Å². The molecule has 10 nitrogen and oxygen atoms in total. The van der Waals surface area contributed by atoms with Gasteiger partial charge in [-0.1, -0.05) is 52.0 Å². The number of methoxy groups -OCH3 is 2. The van der Waals surface area contributed by atoms with Crippen LogP contribution >= 0.6 is 0 Å². The number of alkyl carbamates (subject to hydrolysis) is 1. The Kier molecular flexibility index (Phi) is 13.2. The van der Waals surface area contributed by atoms with Gasteiger partial charge in [0, 0.05) is 6.04 Å². The molecule has 1 aromatic carbocycles. The first-order valence-electron chi connectivity index (χ1n) is 14.4. The molecular weight excluding hydrogens is 512 g/mol. The highest BCUT2D eigenvalue weighted by atomic mass is 16.6. The van der Waals surface area contributed by atoms with E-state index in [1.165, 1.54) is 13.5 Å². The third kappa shape index (κ3) is 11.4. The van der Waals surface area contributed by atoms with Crippen molar-refractivity contribution in [1.82, 2.24) is 16.0 Å². The Labute approximate surface area is 239 Å². The zero-order valence-electron chi connectivity index (χ0n) is 25.2. The zero-order chi connectivity index (χ0) is 29.7. The average molecular weight is 561 g/mol. The number of rotatable bonds is 11. The van der Waals surface area contributed by atoms with E-state index < -0.39 is 23.6 Å². The second-order valence-electron chi connectivity index (χ2n) is 11.3. The molecule has 3 amide bonds. The van der Waals surface area contributed by atoms with Gasteiger partial charge in [0.15, 0.2) is 11.5 Å². The van der Waals surface area contributed by atoms with E-state index in [2.05, 4.69) is 20.9 Å². The van der Waals surface area contributed by atoms with Gasteiger partial charge in [0.2, 0.25) is 17.8 Å². The Hall–Kier alpha value is -3.30. The Morgan fingerprint density at radius 3 is 2.20 bits per heavy atom. The monoisotopic (exact) mass is 560 g/mol. The maximum atomic E-state index is 13.4. The first-order valence-corrected chi connectivity index (χ1v) is 14.4. The maximum absolute atomic E-state index is 13.4. The van der Waals surface area contributed by atoms with Crippen molar-refractivity contribution in [2.24, 2.45) is 10.9 Å². The van der Waals surface area contributed by atoms with Crippen LogP contribution < -0.4 is 25.4 Å². The molecule has 1 aromatic rings. The fraction of sp³-hybridized carbons (Fsp3) is 0.667. The summed E-state index contributed by atoms with van der Waals surface area (Å²) in [6, 6.07) is 4.45. The van der Waals surface area contributed by atoms with E-state index in [0.717, 1.165) is 38.5 Å². The lowest BCUT2D eigenvalue weighted by molar-refractivity contribution is -0.123. The smallest absolute Gasteiger partial charge is 0.414 e. The molecule has 224 valence electrons. The second-order valence-corrected chi connectivity index (χ2v) is 11.3. The molecule has 2 rings (SSSR count). The minimum absolute atomic E-state index is 0.0113. The molecule has 1 fully saturated rings. The number of benzene rings is 1. The second kappa shape index (κ2) is 16.1. The highest BCUT2D eigenvalue weighted by molar-refractivity contribution is 6.04. The van der Waals surface area contributed by atoms with E-state index in [9.17, 15) is 14.4 Å². The molecule has 3 N–H and O–H groups in total. The summed E-state index contributed by atoms with van der Waals surface area (Å²) in [5, 5.41) is 8.36. The number of carbonyl (C=O) groups excluding carboxylic acids is 3. The third-order valence-corrected chi connectivity index (χ3v) is 6.89. The number of hydrogen-bond donors (Lipinski definition) is 3. The van der Waals surface area contributed by atoms with Gasteiger partial charge in [-0.05, 0) is 63.6 Å². The molecule has 1 aliphatic rings. The zero-order valence-corrected chi connectivity index (χ0v) is 25.2. The summed E-state index contributed by atoms with van der Waals surface area (Å²) in [7, 11) is 3.06. The van der Waals surface area contributed by atoms with Gasteiger partial charge in [-0.15, -0.1) is 0 Å². The van der Waals surface area contributed by atoms with Gasteiger partial charge in [0.25, 0.3) is 0 Å². The average Bonchev–Trinajstić information content (AvgIpc) is 2.90. The summed E-state index contributed by atoms with van der Waals surface area (Å²) in [5.74, 6) is 0.657. The van der Waals surface area contributed by atoms with Crippen LogP contribution in [-0.4, -0.2) is 55.8 Å². The molecule has 0 bridgehead atoms. The van der Waals surface area contributed by atoms with Crippen LogP contribution in [0.5, 0.6) is 11.5 Å². The molecule has 0 aliphatic heterocycles. The van der Waals surface area contributed by atoms with Crippen LogP contribution in [0.25, 0.3) is 0 Å². The molecule has 0 heterocycles. The number of aliphatic imine (C=N–C) groups is 1. The van der Waals surface area contributed by atoms with Crippen LogP contribution in [0.2, 0.25) is 0 Å². The van der Waals surface area contributed by atoms with Gasteiger partial charge in [-0.3, -0.25) is 20.2 Å². The Morgan fingerprint density at radius 1 is 0.975 bits per heavy atom. The SMILES string of the molecule is CCC(CC)NC(=O)C(CC1CCCCC1)N=C(NC(=O)Cc1ccc(OC)c(OC)c1)NC(=O)OC(C)(C)C. The van der Waals surface area contributed by atoms with Gasteiger partial charge >= 0.3 is 6.09 Å². The standard InChI is InChI=1S/C30H48N4O6/c1-8-22(9-2)31-27(36)23(17-20-13-11-10-12-14-20)32-28(34-29(37)40-30(3,4)5)33-26(35)19-21-15-16-24(38-6)25(18-21)39-7/h15-16,18,20,22-23H,8-14,17,19H2,1-7H3,(H,31,36)(H2,32,33,34,35,37). The van der Waals surface area contributed by atoms with Crippen LogP contribution in [0.3, 0.4) is 0 Å². The van der Waals surface area contributed by atoms with Crippen molar-refractivity contribution in [1.29, 1.82) is 0 Å². The van der Waals surface area contributed by atoms with Crippen LogP contribution in [-0.2, 0) is 20.7 Å². The highest BCUT2D eigenvalue weighted by Gasteiger charge is 2.27. The molecule has 40 heavy (non-hydrogen) atoms. The minimum atomic E-state index is -0.769. The quantitative estimate of drug-likeness (QED) is 0.261. The molecule has 0 aromatic heterocycles. The van der Waals surface area contributed by atoms with Crippen molar-refractivity contribution in [3.05, 3.63) is 23.8 Å². The lowest BCUT2D eigenvalue weighted by atomic mass is 9.84. The first kappa shape index (κ1) is 32.9. The Morgan fingerprint density at radius 2 is 1.62 bits per heavy atom. The van der Waals surface area contributed by atoms with Gasteiger partial charge in [0.05, 0.1) is 20.6 Å². The van der Waals surface area contributed by atoms with Crippen molar-refractivity contribution in [3.63, 3.8) is 0 Å². The van der Waals surface area contributed by atoms with E-state index >= 15 is 0 Å². The number of amides is 3. The molecule has 10 heteroatoms. The molecular formula is C30H48N4O6. The number of carbonyl (C=O) groups is 3. The fourth-order valence-corrected chi connectivity index (χ4v) is 4.75. The van der Waals surface area contributed by atoms with Crippen LogP contribution in [0.4, 0.5) is 4.79 Å². The minimum Gasteiger partial charge on any atom is -0.493 e. The summed E-state index contributed by atoms with van der Waals surface area (Å²) in [6.07, 6.45) is 6.87. The van der Waals surface area contributed by atoms with E-state index in [-0.39, 0.29) is 24.3 Å². The van der Waals surface area contributed by atoms with E-state index in [4.69, 9.17) is 14.2 Å². The van der Waals surface area contributed by atoms with Gasteiger partial charge in [0.1, 0.15) is 11.6 Å². The summed E-state index contributed by atoms with van der Waals surface area (Å²) in [5.41, 5.74) is -0.0790. The number of ether oxygens (including phenoxy) is 3. The number of nitrogens with zero attached hydrogens (tertiary/aromatic N) is 1. The topological polar surface area (TPSA) is 127 Å². The van der Waals surface area contributed by atoms with Crippen molar-refractivity contribution in [2.75, 3.05) is 14.2 Å². The van der Waals surface area contributed by atoms with E-state index in [1.807, 2.05) is 13.8 Å². The van der Waals surface area contributed by atoms with Crippen molar-refractivity contribution in [3.8, 4) is 11.5 Å². The van der Waals surface area contributed by atoms with Crippen molar-refractivity contribution in [2.45, 2.75) is 110 Å². The van der Waals surface area contributed by atoms with Crippen molar-refractivity contribution >= 4 is 23.9 Å². The summed E-state index contributed by atoms with van der Waals surface area (Å²) in [6.45, 7) is 9.28. The van der Waals surface area contributed by atoms with Crippen LogP contribution in [0.1, 0.15) is 91.5 Å². The van der Waals surface area contributed by atoms with E-state index in [0.29, 0.717) is 29.4 Å². The predicted molar refractivity (Wildman–Crippen MR) is 156 cm³/mol. The molecule has 0 spiro atoms. The highest BCUT2D eigenvalue weighted by Crippen LogP contribution is 2.29. The summed E-state index contributed by atoms with van der Waals surface area (Å²) >= 11 is 0. The number of hydrogen-bond acceptors (Lipinski definition) is 7. The molecule has 0 saturated heterocycles. The van der Waals surface area contributed by atoms with Gasteiger partial charge in [-0.2, -0.15) is 0 Å².